The minimum absolute atomic E-state index is 0.160. The van der Waals surface area contributed by atoms with Crippen molar-refractivity contribution in [3.63, 3.8) is 0 Å². The van der Waals surface area contributed by atoms with Crippen LogP contribution < -0.4 is 0 Å². The smallest absolute Gasteiger partial charge is 0.358 e. The van der Waals surface area contributed by atoms with Crippen LogP contribution in [0.4, 0.5) is 0 Å². The largest absolute Gasteiger partial charge is 0.458 e. The molecule has 14 heavy (non-hydrogen) atoms. The molecule has 1 aromatic heterocycles. The monoisotopic (exact) mass is 277 g/mol. The van der Waals surface area contributed by atoms with E-state index in [2.05, 4.69) is 20.9 Å². The molecule has 0 amide bonds. The summed E-state index contributed by atoms with van der Waals surface area (Å²) in [5.41, 5.74) is 0.239. The number of aromatic nitrogens is 1. The molecule has 1 rings (SSSR count). The Morgan fingerprint density at radius 1 is 1.64 bits per heavy atom. The second-order valence-corrected chi connectivity index (χ2v) is 4.23. The van der Waals surface area contributed by atoms with Crippen molar-refractivity contribution in [2.45, 2.75) is 20.0 Å². The number of carbonyl (C=O) groups is 1. The van der Waals surface area contributed by atoms with Gasteiger partial charge in [0.25, 0.3) is 0 Å². The summed E-state index contributed by atoms with van der Waals surface area (Å²) in [5, 5.41) is 0.470. The summed E-state index contributed by atoms with van der Waals surface area (Å²) in [4.78, 5) is 15.3. The van der Waals surface area contributed by atoms with Gasteiger partial charge in [-0.05, 0) is 35.8 Å². The second-order valence-electron chi connectivity index (χ2n) is 2.94. The molecule has 1 heterocycles. The van der Waals surface area contributed by atoms with Gasteiger partial charge in [-0.25, -0.2) is 9.78 Å². The molecule has 0 aliphatic rings. The van der Waals surface area contributed by atoms with Crippen molar-refractivity contribution in [2.75, 3.05) is 0 Å². The number of hydrogen-bond donors (Lipinski definition) is 0. The van der Waals surface area contributed by atoms with Gasteiger partial charge in [0, 0.05) is 6.20 Å². The summed E-state index contributed by atoms with van der Waals surface area (Å²) in [7, 11) is 0. The Hall–Kier alpha value is -0.610. The zero-order valence-electron chi connectivity index (χ0n) is 7.75. The van der Waals surface area contributed by atoms with E-state index in [4.69, 9.17) is 16.3 Å². The Morgan fingerprint density at radius 2 is 2.29 bits per heavy atom. The lowest BCUT2D eigenvalue weighted by molar-refractivity contribution is 0.0369. The van der Waals surface area contributed by atoms with Gasteiger partial charge in [-0.15, -0.1) is 0 Å². The summed E-state index contributed by atoms with van der Waals surface area (Å²) in [5.74, 6) is -0.455. The minimum Gasteiger partial charge on any atom is -0.458 e. The fourth-order valence-electron chi connectivity index (χ4n) is 0.835. The highest BCUT2D eigenvalue weighted by molar-refractivity contribution is 9.10. The molecule has 0 spiro atoms. The number of rotatable bonds is 2. The van der Waals surface area contributed by atoms with Crippen molar-refractivity contribution in [1.29, 1.82) is 0 Å². The van der Waals surface area contributed by atoms with E-state index in [-0.39, 0.29) is 11.8 Å². The maximum Gasteiger partial charge on any atom is 0.358 e. The number of esters is 1. The lowest BCUT2D eigenvalue weighted by Crippen LogP contribution is -2.13. The lowest BCUT2D eigenvalue weighted by Gasteiger charge is -2.08. The average molecular weight is 279 g/mol. The van der Waals surface area contributed by atoms with Crippen LogP contribution in [0.25, 0.3) is 0 Å². The zero-order valence-corrected chi connectivity index (χ0v) is 10.1. The van der Waals surface area contributed by atoms with Crippen LogP contribution in [0, 0.1) is 0 Å². The van der Waals surface area contributed by atoms with Gasteiger partial charge in [-0.3, -0.25) is 0 Å². The summed E-state index contributed by atoms with van der Waals surface area (Å²) >= 11 is 8.87. The number of ether oxygens (including phenoxy) is 1. The molecule has 76 valence electrons. The van der Waals surface area contributed by atoms with Crippen LogP contribution in [0.15, 0.2) is 16.7 Å². The van der Waals surface area contributed by atoms with Crippen molar-refractivity contribution in [1.82, 2.24) is 4.98 Å². The highest BCUT2D eigenvalue weighted by Crippen LogP contribution is 2.19. The number of halogens is 2. The van der Waals surface area contributed by atoms with Crippen molar-refractivity contribution in [2.24, 2.45) is 0 Å². The molecule has 0 fully saturated rings. The fourth-order valence-corrected chi connectivity index (χ4v) is 1.64. The summed E-state index contributed by atoms with van der Waals surface area (Å²) in [6, 6.07) is 1.60. The van der Waals surface area contributed by atoms with Gasteiger partial charge in [0.05, 0.1) is 15.6 Å². The molecule has 0 bridgehead atoms. The van der Waals surface area contributed by atoms with Crippen LogP contribution in [-0.2, 0) is 4.74 Å². The maximum atomic E-state index is 11.4. The number of pyridine rings is 1. The summed E-state index contributed by atoms with van der Waals surface area (Å²) in [6.07, 6.45) is 1.25. The van der Waals surface area contributed by atoms with Crippen LogP contribution in [0.5, 0.6) is 0 Å². The van der Waals surface area contributed by atoms with Crippen LogP contribution >= 0.6 is 27.5 Å². The van der Waals surface area contributed by atoms with E-state index in [1.54, 1.807) is 19.9 Å². The molecule has 0 aromatic carbocycles. The number of hydrogen-bond acceptors (Lipinski definition) is 3. The Morgan fingerprint density at radius 3 is 2.79 bits per heavy atom. The quantitative estimate of drug-likeness (QED) is 0.781. The van der Waals surface area contributed by atoms with Gasteiger partial charge in [0.1, 0.15) is 0 Å². The SMILES string of the molecule is CC(C)OC(=O)c1ncc(Cl)cc1Br. The van der Waals surface area contributed by atoms with Gasteiger partial charge in [0.2, 0.25) is 0 Å². The molecule has 5 heteroatoms. The molecule has 0 radical (unpaired) electrons. The predicted octanol–water partition coefficient (Wildman–Crippen LogP) is 3.06. The third-order valence-electron chi connectivity index (χ3n) is 1.34. The van der Waals surface area contributed by atoms with E-state index in [0.29, 0.717) is 9.50 Å². The summed E-state index contributed by atoms with van der Waals surface area (Å²) in [6.45, 7) is 3.56. The molecule has 0 atom stereocenters. The molecular formula is C9H9BrClNO2. The third kappa shape index (κ3) is 2.96. The molecule has 0 saturated heterocycles. The Labute approximate surface area is 95.6 Å². The topological polar surface area (TPSA) is 39.2 Å². The van der Waals surface area contributed by atoms with Crippen LogP contribution in [0.2, 0.25) is 5.02 Å². The minimum atomic E-state index is -0.455. The van der Waals surface area contributed by atoms with Crippen molar-refractivity contribution in [3.8, 4) is 0 Å². The van der Waals surface area contributed by atoms with E-state index >= 15 is 0 Å². The van der Waals surface area contributed by atoms with Crippen molar-refractivity contribution < 1.29 is 9.53 Å². The highest BCUT2D eigenvalue weighted by atomic mass is 79.9. The van der Waals surface area contributed by atoms with Gasteiger partial charge < -0.3 is 4.74 Å². The number of nitrogens with zero attached hydrogens (tertiary/aromatic N) is 1. The molecule has 0 N–H and O–H groups in total. The van der Waals surface area contributed by atoms with Crippen molar-refractivity contribution in [3.05, 3.63) is 27.5 Å². The average Bonchev–Trinajstić information content (AvgIpc) is 2.01. The van der Waals surface area contributed by atoms with Gasteiger partial charge >= 0.3 is 5.97 Å². The second kappa shape index (κ2) is 4.75. The summed E-state index contributed by atoms with van der Waals surface area (Å²) < 4.78 is 5.52. The van der Waals surface area contributed by atoms with Crippen molar-refractivity contribution >= 4 is 33.5 Å². The van der Waals surface area contributed by atoms with E-state index < -0.39 is 5.97 Å². The first kappa shape index (κ1) is 11.5. The molecule has 1 aromatic rings. The van der Waals surface area contributed by atoms with E-state index in [0.717, 1.165) is 0 Å². The predicted molar refractivity (Wildman–Crippen MR) is 57.5 cm³/mol. The molecular weight excluding hydrogens is 269 g/mol. The molecule has 0 aliphatic heterocycles. The van der Waals surface area contributed by atoms with E-state index in [1.165, 1.54) is 6.20 Å². The third-order valence-corrected chi connectivity index (χ3v) is 2.16. The maximum absolute atomic E-state index is 11.4. The molecule has 0 unspecified atom stereocenters. The lowest BCUT2D eigenvalue weighted by atomic mass is 10.3. The fraction of sp³-hybridized carbons (Fsp3) is 0.333. The normalized spacial score (nSPS) is 10.4. The zero-order chi connectivity index (χ0) is 10.7. The Bertz CT molecular complexity index is 355. The van der Waals surface area contributed by atoms with Gasteiger partial charge in [0.15, 0.2) is 5.69 Å². The van der Waals surface area contributed by atoms with Gasteiger partial charge in [-0.2, -0.15) is 0 Å². The first-order valence-corrected chi connectivity index (χ1v) is 5.20. The van der Waals surface area contributed by atoms with Crippen LogP contribution in [0.3, 0.4) is 0 Å². The Balaban J connectivity index is 2.90. The first-order chi connectivity index (χ1) is 6.50. The standard InChI is InChI=1S/C9H9BrClNO2/c1-5(2)14-9(13)8-7(10)3-6(11)4-12-8/h3-5H,1-2H3. The van der Waals surface area contributed by atoms with Crippen LogP contribution in [-0.4, -0.2) is 17.1 Å². The Kier molecular flexibility index (Phi) is 3.89. The number of carbonyl (C=O) groups excluding carboxylic acids is 1. The molecule has 0 saturated carbocycles. The molecule has 3 nitrogen and oxygen atoms in total. The van der Waals surface area contributed by atoms with E-state index in [9.17, 15) is 4.79 Å². The molecule has 0 aliphatic carbocycles. The highest BCUT2D eigenvalue weighted by Gasteiger charge is 2.14. The van der Waals surface area contributed by atoms with E-state index in [1.807, 2.05) is 0 Å². The first-order valence-electron chi connectivity index (χ1n) is 4.02. The van der Waals surface area contributed by atoms with Crippen LogP contribution in [0.1, 0.15) is 24.3 Å². The van der Waals surface area contributed by atoms with Gasteiger partial charge in [-0.1, -0.05) is 11.6 Å².